The first-order chi connectivity index (χ1) is 22.8. The van der Waals surface area contributed by atoms with E-state index < -0.39 is 6.67 Å². The first kappa shape index (κ1) is 44.9. The Balaban J connectivity index is 3.05. The third-order valence-electron chi connectivity index (χ3n) is 5.36. The monoisotopic (exact) mass is 678 g/mol. The van der Waals surface area contributed by atoms with Crippen molar-refractivity contribution in [2.45, 2.75) is 6.42 Å². The molecule has 0 aliphatic heterocycles. The summed E-state index contributed by atoms with van der Waals surface area (Å²) >= 11 is 0. The number of ether oxygens (including phenoxy) is 14. The highest BCUT2D eigenvalue weighted by Crippen LogP contribution is 1.89. The maximum absolute atomic E-state index is 11.8. The van der Waals surface area contributed by atoms with Crippen molar-refractivity contribution in [2.75, 3.05) is 186 Å². The summed E-state index contributed by atoms with van der Waals surface area (Å²) in [6.07, 6.45) is 0.241. The Bertz CT molecular complexity index is 580. The van der Waals surface area contributed by atoms with Gasteiger partial charge in [0.1, 0.15) is 6.67 Å². The van der Waals surface area contributed by atoms with Gasteiger partial charge in [-0.2, -0.15) is 0 Å². The fourth-order valence-electron chi connectivity index (χ4n) is 3.05. The van der Waals surface area contributed by atoms with E-state index in [9.17, 15) is 9.18 Å². The van der Waals surface area contributed by atoms with Crippen molar-refractivity contribution in [3.63, 3.8) is 0 Å². The largest absolute Gasteiger partial charge is 0.469 e. The molecule has 0 rings (SSSR count). The fourth-order valence-corrected chi connectivity index (χ4v) is 3.05. The standard InChI is InChI=1S/C30H59FO15/c1-33-30(32)2-4-34-6-8-36-10-12-38-14-16-40-18-20-42-22-24-44-26-28-46-29-27-45-25-23-43-21-19-41-17-15-39-13-11-37-9-7-35-5-3-31/h2-29H2,1H3. The molecule has 0 aromatic rings. The molecule has 46 heavy (non-hydrogen) atoms. The quantitative estimate of drug-likeness (QED) is 0.0661. The van der Waals surface area contributed by atoms with Gasteiger partial charge < -0.3 is 66.3 Å². The summed E-state index contributed by atoms with van der Waals surface area (Å²) in [5.41, 5.74) is 0. The van der Waals surface area contributed by atoms with E-state index in [1.165, 1.54) is 7.11 Å². The molecule has 0 saturated carbocycles. The number of carbonyl (C=O) groups excluding carboxylic acids is 1. The topological polar surface area (TPSA) is 146 Å². The normalized spacial score (nSPS) is 11.4. The minimum absolute atomic E-state index is 0.109. The van der Waals surface area contributed by atoms with Crippen LogP contribution in [0.25, 0.3) is 0 Å². The maximum Gasteiger partial charge on any atom is 0.307 e. The van der Waals surface area contributed by atoms with E-state index in [-0.39, 0.29) is 19.0 Å². The van der Waals surface area contributed by atoms with Crippen LogP contribution in [0, 0.1) is 0 Å². The second-order valence-corrected chi connectivity index (χ2v) is 8.98. The Hall–Kier alpha value is -1.12. The van der Waals surface area contributed by atoms with Gasteiger partial charge in [-0.3, -0.25) is 4.79 Å². The maximum atomic E-state index is 11.8. The van der Waals surface area contributed by atoms with E-state index >= 15 is 0 Å². The van der Waals surface area contributed by atoms with Gasteiger partial charge in [0, 0.05) is 0 Å². The number of hydrogen-bond donors (Lipinski definition) is 0. The molecule has 0 fully saturated rings. The van der Waals surface area contributed by atoms with Gasteiger partial charge in [0.2, 0.25) is 0 Å². The van der Waals surface area contributed by atoms with Crippen LogP contribution in [0.1, 0.15) is 6.42 Å². The molecule has 0 aromatic heterocycles. The first-order valence-electron chi connectivity index (χ1n) is 15.9. The van der Waals surface area contributed by atoms with Gasteiger partial charge in [0.05, 0.1) is 185 Å². The molecule has 0 radical (unpaired) electrons. The van der Waals surface area contributed by atoms with Gasteiger partial charge in [0.25, 0.3) is 0 Å². The SMILES string of the molecule is COC(=O)CCOCCOCCOCCOCCOCCOCCOCCOCCOCCOCCOCCOCCOCCF. The molecule has 0 aromatic carbocycles. The Morgan fingerprint density at radius 1 is 0.326 bits per heavy atom. The number of alkyl halides is 1. The average Bonchev–Trinajstić information content (AvgIpc) is 3.07. The molecule has 0 atom stereocenters. The second-order valence-electron chi connectivity index (χ2n) is 8.98. The zero-order chi connectivity index (χ0) is 33.3. The van der Waals surface area contributed by atoms with Crippen molar-refractivity contribution in [3.05, 3.63) is 0 Å². The third kappa shape index (κ3) is 40.9. The summed E-state index contributed by atoms with van der Waals surface area (Å²) in [6.45, 7) is 11.3. The van der Waals surface area contributed by atoms with E-state index in [0.717, 1.165) is 0 Å². The molecule has 0 amide bonds. The van der Waals surface area contributed by atoms with Gasteiger partial charge in [-0.05, 0) is 0 Å². The molecule has 0 bridgehead atoms. The predicted octanol–water partition coefficient (Wildman–Crippen LogP) is 0.735. The number of hydrogen-bond acceptors (Lipinski definition) is 15. The summed E-state index contributed by atoms with van der Waals surface area (Å²) < 4.78 is 86.1. The molecule has 0 N–H and O–H groups in total. The minimum Gasteiger partial charge on any atom is -0.469 e. The van der Waals surface area contributed by atoms with Crippen molar-refractivity contribution >= 4 is 5.97 Å². The highest BCUT2D eigenvalue weighted by molar-refractivity contribution is 5.69. The molecule has 0 saturated heterocycles. The Kier molecular flexibility index (Phi) is 40.9. The van der Waals surface area contributed by atoms with Gasteiger partial charge >= 0.3 is 5.97 Å². The summed E-state index contributed by atoms with van der Waals surface area (Å²) in [5.74, 6) is -0.289. The highest BCUT2D eigenvalue weighted by Gasteiger charge is 2.00. The lowest BCUT2D eigenvalue weighted by molar-refractivity contribution is -0.141. The summed E-state index contributed by atoms with van der Waals surface area (Å²) in [5, 5.41) is 0. The number of esters is 1. The van der Waals surface area contributed by atoms with Gasteiger partial charge in [0.15, 0.2) is 0 Å². The molecule has 276 valence electrons. The second kappa shape index (κ2) is 41.9. The minimum atomic E-state index is -0.478. The predicted molar refractivity (Wildman–Crippen MR) is 163 cm³/mol. The van der Waals surface area contributed by atoms with Crippen LogP contribution in [0.5, 0.6) is 0 Å². The molecular weight excluding hydrogens is 619 g/mol. The van der Waals surface area contributed by atoms with Crippen LogP contribution in [-0.4, -0.2) is 192 Å². The van der Waals surface area contributed by atoms with Crippen molar-refractivity contribution in [1.82, 2.24) is 0 Å². The Labute approximate surface area is 273 Å². The van der Waals surface area contributed by atoms with Crippen LogP contribution in [0.15, 0.2) is 0 Å². The van der Waals surface area contributed by atoms with Crippen LogP contribution in [0.4, 0.5) is 4.39 Å². The third-order valence-corrected chi connectivity index (χ3v) is 5.36. The van der Waals surface area contributed by atoms with E-state index in [1.54, 1.807) is 0 Å². The molecule has 0 aliphatic rings. The van der Waals surface area contributed by atoms with Crippen molar-refractivity contribution < 1.29 is 75.5 Å². The molecular formula is C30H59FO15. The van der Waals surface area contributed by atoms with Crippen molar-refractivity contribution in [2.24, 2.45) is 0 Å². The number of methoxy groups -OCH3 is 1. The van der Waals surface area contributed by atoms with E-state index in [2.05, 4.69) is 4.74 Å². The van der Waals surface area contributed by atoms with E-state index in [1.807, 2.05) is 0 Å². The molecule has 0 aliphatic carbocycles. The summed E-state index contributed by atoms with van der Waals surface area (Å²) in [4.78, 5) is 10.9. The smallest absolute Gasteiger partial charge is 0.307 e. The van der Waals surface area contributed by atoms with Crippen LogP contribution < -0.4 is 0 Å². The van der Waals surface area contributed by atoms with Crippen molar-refractivity contribution in [1.29, 1.82) is 0 Å². The summed E-state index contributed by atoms with van der Waals surface area (Å²) in [6, 6.07) is 0. The lowest BCUT2D eigenvalue weighted by atomic mass is 10.5. The molecule has 0 spiro atoms. The Morgan fingerprint density at radius 3 is 0.674 bits per heavy atom. The number of rotatable bonds is 41. The van der Waals surface area contributed by atoms with Gasteiger partial charge in [-0.25, -0.2) is 4.39 Å². The van der Waals surface area contributed by atoms with E-state index in [0.29, 0.717) is 165 Å². The fraction of sp³-hybridized carbons (Fsp3) is 0.967. The number of halogens is 1. The zero-order valence-corrected chi connectivity index (χ0v) is 27.8. The molecule has 0 heterocycles. The average molecular weight is 679 g/mol. The van der Waals surface area contributed by atoms with E-state index in [4.69, 9.17) is 61.6 Å². The summed E-state index contributed by atoms with van der Waals surface area (Å²) in [7, 11) is 1.35. The lowest BCUT2D eigenvalue weighted by Gasteiger charge is -2.09. The van der Waals surface area contributed by atoms with Crippen LogP contribution in [0.2, 0.25) is 0 Å². The van der Waals surface area contributed by atoms with Gasteiger partial charge in [-0.15, -0.1) is 0 Å². The number of carbonyl (C=O) groups is 1. The highest BCUT2D eigenvalue weighted by atomic mass is 19.1. The molecule has 15 nitrogen and oxygen atoms in total. The molecule has 16 heteroatoms. The zero-order valence-electron chi connectivity index (χ0n) is 27.8. The van der Waals surface area contributed by atoms with Crippen LogP contribution in [-0.2, 0) is 71.1 Å². The van der Waals surface area contributed by atoms with Crippen LogP contribution in [0.3, 0.4) is 0 Å². The lowest BCUT2D eigenvalue weighted by Crippen LogP contribution is -2.15. The molecule has 0 unspecified atom stereocenters. The first-order valence-corrected chi connectivity index (χ1v) is 15.9. The van der Waals surface area contributed by atoms with Crippen LogP contribution >= 0.6 is 0 Å². The Morgan fingerprint density at radius 2 is 0.500 bits per heavy atom. The van der Waals surface area contributed by atoms with Crippen molar-refractivity contribution in [3.8, 4) is 0 Å². The van der Waals surface area contributed by atoms with Gasteiger partial charge in [-0.1, -0.05) is 0 Å².